The largest absolute Gasteiger partial charge is 0.454 e. The highest BCUT2D eigenvalue weighted by Crippen LogP contribution is 2.47. The quantitative estimate of drug-likeness (QED) is 0.376. The second kappa shape index (κ2) is 8.83. The lowest BCUT2D eigenvalue weighted by Crippen LogP contribution is -2.23. The number of cyclic esters (lactones) is 1. The maximum absolute atomic E-state index is 14.3. The minimum atomic E-state index is -0.392. The molecular weight excluding hydrogens is 427 g/mol. The maximum atomic E-state index is 14.3. The lowest BCUT2D eigenvalue weighted by molar-refractivity contribution is -0.121. The van der Waals surface area contributed by atoms with Gasteiger partial charge in [-0.2, -0.15) is 0 Å². The molecule has 1 saturated carbocycles. The molecule has 3 atom stereocenters. The van der Waals surface area contributed by atoms with Crippen molar-refractivity contribution < 1.29 is 18.7 Å². The third kappa shape index (κ3) is 4.29. The fourth-order valence-electron chi connectivity index (χ4n) is 5.22. The molecule has 1 aliphatic carbocycles. The molecule has 0 amide bonds. The van der Waals surface area contributed by atoms with Gasteiger partial charge in [-0.25, -0.2) is 9.18 Å². The number of fused-ring (bicyclic) bond motifs is 1. The summed E-state index contributed by atoms with van der Waals surface area (Å²) in [5.74, 6) is 0.326. The van der Waals surface area contributed by atoms with Crippen LogP contribution in [0.2, 0.25) is 0 Å². The number of carbonyl (C=O) groups excluding carboxylic acids is 2. The van der Waals surface area contributed by atoms with Gasteiger partial charge >= 0.3 is 5.97 Å². The van der Waals surface area contributed by atoms with E-state index < -0.39 is 6.10 Å². The molecule has 4 heteroatoms. The van der Waals surface area contributed by atoms with Gasteiger partial charge in [0.15, 0.2) is 0 Å². The minimum Gasteiger partial charge on any atom is -0.454 e. The van der Waals surface area contributed by atoms with Gasteiger partial charge < -0.3 is 4.74 Å². The van der Waals surface area contributed by atoms with Crippen molar-refractivity contribution >= 4 is 11.8 Å². The molecule has 2 aliphatic rings. The van der Waals surface area contributed by atoms with Crippen molar-refractivity contribution in [3.05, 3.63) is 94.3 Å². The van der Waals surface area contributed by atoms with Crippen molar-refractivity contribution in [1.82, 2.24) is 0 Å². The Labute approximate surface area is 200 Å². The van der Waals surface area contributed by atoms with Crippen LogP contribution in [0.25, 0.3) is 11.1 Å². The number of halogens is 1. The van der Waals surface area contributed by atoms with Crippen LogP contribution in [-0.2, 0) is 16.0 Å². The molecule has 174 valence electrons. The predicted molar refractivity (Wildman–Crippen MR) is 130 cm³/mol. The molecule has 0 radical (unpaired) electrons. The number of carbonyl (C=O) groups is 2. The van der Waals surface area contributed by atoms with E-state index in [1.54, 1.807) is 13.0 Å². The first-order chi connectivity index (χ1) is 16.3. The Morgan fingerprint density at radius 2 is 1.74 bits per heavy atom. The van der Waals surface area contributed by atoms with Gasteiger partial charge in [-0.1, -0.05) is 55.0 Å². The average Bonchev–Trinajstić information content (AvgIpc) is 3.66. The fraction of sp³-hybridized carbons (Fsp3) is 0.333. The molecule has 34 heavy (non-hydrogen) atoms. The minimum absolute atomic E-state index is 0.0357. The molecule has 3 nitrogen and oxygen atoms in total. The van der Waals surface area contributed by atoms with E-state index in [-0.39, 0.29) is 29.4 Å². The number of hydrogen-bond acceptors (Lipinski definition) is 3. The Bertz CT molecular complexity index is 1260. The van der Waals surface area contributed by atoms with Crippen LogP contribution >= 0.6 is 0 Å². The number of rotatable bonds is 6. The number of benzene rings is 3. The van der Waals surface area contributed by atoms with Crippen molar-refractivity contribution in [2.24, 2.45) is 11.8 Å². The van der Waals surface area contributed by atoms with Crippen LogP contribution in [0.15, 0.2) is 60.7 Å². The van der Waals surface area contributed by atoms with Crippen LogP contribution < -0.4 is 0 Å². The summed E-state index contributed by atoms with van der Waals surface area (Å²) in [6.45, 7) is 5.62. The molecule has 0 spiro atoms. The van der Waals surface area contributed by atoms with Crippen LogP contribution in [-0.4, -0.2) is 11.8 Å². The molecule has 1 fully saturated rings. The third-order valence-corrected chi connectivity index (χ3v) is 7.41. The van der Waals surface area contributed by atoms with Gasteiger partial charge in [-0.3, -0.25) is 4.79 Å². The van der Waals surface area contributed by atoms with Gasteiger partial charge in [-0.05, 0) is 79.0 Å². The highest BCUT2D eigenvalue weighted by atomic mass is 19.1. The fourth-order valence-corrected chi connectivity index (χ4v) is 5.22. The van der Waals surface area contributed by atoms with Crippen molar-refractivity contribution in [3.8, 4) is 11.1 Å². The van der Waals surface area contributed by atoms with Crippen molar-refractivity contribution in [2.45, 2.75) is 52.1 Å². The van der Waals surface area contributed by atoms with E-state index in [2.05, 4.69) is 6.07 Å². The van der Waals surface area contributed by atoms with Crippen LogP contribution in [0.4, 0.5) is 4.39 Å². The average molecular weight is 457 g/mol. The normalized spacial score (nSPS) is 19.2. The van der Waals surface area contributed by atoms with Gasteiger partial charge in [0, 0.05) is 17.9 Å². The maximum Gasteiger partial charge on any atom is 0.339 e. The Kier molecular flexibility index (Phi) is 5.85. The smallest absolute Gasteiger partial charge is 0.339 e. The number of ether oxygens (including phenoxy) is 1. The Hall–Kier alpha value is -3.27. The molecule has 0 N–H and O–H groups in total. The van der Waals surface area contributed by atoms with E-state index in [1.807, 2.05) is 56.3 Å². The van der Waals surface area contributed by atoms with Crippen LogP contribution in [0.5, 0.6) is 0 Å². The Morgan fingerprint density at radius 1 is 1.00 bits per heavy atom. The summed E-state index contributed by atoms with van der Waals surface area (Å²) in [6.07, 6.45) is 2.49. The Morgan fingerprint density at radius 3 is 2.41 bits per heavy atom. The molecule has 0 unspecified atom stereocenters. The summed E-state index contributed by atoms with van der Waals surface area (Å²) in [7, 11) is 0. The zero-order valence-electron chi connectivity index (χ0n) is 19.8. The van der Waals surface area contributed by atoms with Crippen LogP contribution in [0.3, 0.4) is 0 Å². The molecule has 0 bridgehead atoms. The van der Waals surface area contributed by atoms with E-state index in [0.717, 1.165) is 40.7 Å². The number of Topliss-reactive ketones (excluding diaryl/α,β-unsaturated/α-hetero) is 1. The highest BCUT2D eigenvalue weighted by Gasteiger charge is 2.38. The van der Waals surface area contributed by atoms with E-state index in [0.29, 0.717) is 23.5 Å². The second-order valence-corrected chi connectivity index (χ2v) is 9.88. The molecule has 1 heterocycles. The number of ketones is 1. The predicted octanol–water partition coefficient (Wildman–Crippen LogP) is 6.97. The third-order valence-electron chi connectivity index (χ3n) is 7.41. The lowest BCUT2D eigenvalue weighted by Gasteiger charge is -2.28. The van der Waals surface area contributed by atoms with Crippen molar-refractivity contribution in [3.63, 3.8) is 0 Å². The Balaban J connectivity index is 1.42. The van der Waals surface area contributed by atoms with Crippen LogP contribution in [0.1, 0.15) is 71.3 Å². The summed E-state index contributed by atoms with van der Waals surface area (Å²) in [6, 6.07) is 18.6. The first-order valence-electron chi connectivity index (χ1n) is 12.0. The SMILES string of the molecule is CC(=O)[C@@H](C)[C@H](c1ccc2c(c1)C[C@H](c1ccc(-c3cc(C)ccc3F)cc1)OC2=O)C1CC1. The molecule has 3 aromatic carbocycles. The van der Waals surface area contributed by atoms with Gasteiger partial charge in [0.1, 0.15) is 17.7 Å². The van der Waals surface area contributed by atoms with Crippen molar-refractivity contribution in [2.75, 3.05) is 0 Å². The second-order valence-electron chi connectivity index (χ2n) is 9.88. The van der Waals surface area contributed by atoms with Gasteiger partial charge in [0.2, 0.25) is 0 Å². The van der Waals surface area contributed by atoms with Crippen LogP contribution in [0, 0.1) is 24.6 Å². The topological polar surface area (TPSA) is 43.4 Å². The summed E-state index contributed by atoms with van der Waals surface area (Å²) < 4.78 is 20.1. The summed E-state index contributed by atoms with van der Waals surface area (Å²) >= 11 is 0. The van der Waals surface area contributed by atoms with E-state index in [1.165, 1.54) is 6.07 Å². The summed E-state index contributed by atoms with van der Waals surface area (Å²) in [5, 5.41) is 0. The van der Waals surface area contributed by atoms with Gasteiger partial charge in [0.05, 0.1) is 5.56 Å². The number of esters is 1. The van der Waals surface area contributed by atoms with Gasteiger partial charge in [-0.15, -0.1) is 0 Å². The van der Waals surface area contributed by atoms with E-state index in [9.17, 15) is 14.0 Å². The van der Waals surface area contributed by atoms with Gasteiger partial charge in [0.25, 0.3) is 0 Å². The number of aryl methyl sites for hydroxylation is 1. The van der Waals surface area contributed by atoms with Crippen molar-refractivity contribution in [1.29, 1.82) is 0 Å². The van der Waals surface area contributed by atoms with E-state index >= 15 is 0 Å². The molecule has 3 aromatic rings. The standard InChI is InChI=1S/C30H29FO3/c1-17-4-13-27(31)26(14-17)20-5-7-21(8-6-20)28-16-24-15-23(11-12-25(24)30(33)34-28)29(22-9-10-22)18(2)19(3)32/h4-8,11-15,18,22,28-29H,9-10,16H2,1-3H3/t18-,28-,29+/m1/s1. The summed E-state index contributed by atoms with van der Waals surface area (Å²) in [5.41, 5.74) is 5.95. The molecule has 0 saturated heterocycles. The van der Waals surface area contributed by atoms with E-state index in [4.69, 9.17) is 4.74 Å². The zero-order chi connectivity index (χ0) is 24.0. The molecular formula is C30H29FO3. The summed E-state index contributed by atoms with van der Waals surface area (Å²) in [4.78, 5) is 24.9. The monoisotopic (exact) mass is 456 g/mol. The lowest BCUT2D eigenvalue weighted by atomic mass is 9.79. The first kappa shape index (κ1) is 22.5. The zero-order valence-corrected chi connectivity index (χ0v) is 19.8. The first-order valence-corrected chi connectivity index (χ1v) is 12.0. The molecule has 5 rings (SSSR count). The highest BCUT2D eigenvalue weighted by molar-refractivity contribution is 5.92. The number of hydrogen-bond donors (Lipinski definition) is 0. The molecule has 0 aromatic heterocycles. The molecule has 1 aliphatic heterocycles.